The first-order valence-corrected chi connectivity index (χ1v) is 26.1. The van der Waals surface area contributed by atoms with Crippen molar-refractivity contribution in [3.05, 3.63) is 0 Å². The van der Waals surface area contributed by atoms with Gasteiger partial charge >= 0.3 is 11.9 Å². The monoisotopic (exact) mass is 819 g/mol. The topological polar surface area (TPSA) is 59.1 Å². The van der Waals surface area contributed by atoms with Gasteiger partial charge in [0.2, 0.25) is 0 Å². The van der Waals surface area contributed by atoms with E-state index in [1.54, 1.807) is 0 Å². The van der Waals surface area contributed by atoms with Crippen molar-refractivity contribution in [2.75, 3.05) is 53.0 Å². The molecular formula is C52H102N2O4. The van der Waals surface area contributed by atoms with Crippen molar-refractivity contribution in [2.45, 2.75) is 252 Å². The molecule has 0 unspecified atom stereocenters. The van der Waals surface area contributed by atoms with Gasteiger partial charge in [0.05, 0.1) is 13.2 Å². The molecule has 0 N–H and O–H groups in total. The van der Waals surface area contributed by atoms with Crippen LogP contribution in [0.15, 0.2) is 0 Å². The molecule has 344 valence electrons. The van der Waals surface area contributed by atoms with Crippen molar-refractivity contribution in [3.8, 4) is 0 Å². The molecular weight excluding hydrogens is 717 g/mol. The SMILES string of the molecule is CCCCCC(CCCCC)CC(=O)OCCCCCCCCCC(CCCCCCCCCOC(=O)CC(CCCCC)CCCCC)CCN1CCN(C)CC1. The summed E-state index contributed by atoms with van der Waals surface area (Å²) in [5.74, 6) is 2.00. The van der Waals surface area contributed by atoms with Crippen LogP contribution in [0.1, 0.15) is 252 Å². The van der Waals surface area contributed by atoms with Gasteiger partial charge in [-0.25, -0.2) is 0 Å². The largest absolute Gasteiger partial charge is 0.466 e. The second-order valence-corrected chi connectivity index (χ2v) is 18.9. The Balaban J connectivity index is 2.20. The summed E-state index contributed by atoms with van der Waals surface area (Å²) in [6, 6.07) is 0. The molecule has 1 aliphatic rings. The van der Waals surface area contributed by atoms with Gasteiger partial charge in [0, 0.05) is 39.0 Å². The summed E-state index contributed by atoms with van der Waals surface area (Å²) in [5.41, 5.74) is 0. The number of carbonyl (C=O) groups excluding carboxylic acids is 2. The van der Waals surface area contributed by atoms with Crippen LogP contribution in [0.2, 0.25) is 0 Å². The molecule has 0 spiro atoms. The first-order chi connectivity index (χ1) is 28.4. The van der Waals surface area contributed by atoms with Crippen LogP contribution in [0.5, 0.6) is 0 Å². The number of ether oxygens (including phenoxy) is 2. The molecule has 0 atom stereocenters. The predicted octanol–water partition coefficient (Wildman–Crippen LogP) is 14.9. The Kier molecular flexibility index (Phi) is 39.0. The zero-order valence-electron chi connectivity index (χ0n) is 40.0. The molecule has 0 bridgehead atoms. The van der Waals surface area contributed by atoms with E-state index < -0.39 is 0 Å². The van der Waals surface area contributed by atoms with E-state index in [1.807, 2.05) is 0 Å². The molecule has 0 aromatic rings. The van der Waals surface area contributed by atoms with E-state index in [9.17, 15) is 9.59 Å². The summed E-state index contributed by atoms with van der Waals surface area (Å²) in [6.45, 7) is 16.4. The summed E-state index contributed by atoms with van der Waals surface area (Å²) in [5, 5.41) is 0. The van der Waals surface area contributed by atoms with Crippen molar-refractivity contribution in [1.29, 1.82) is 0 Å². The van der Waals surface area contributed by atoms with E-state index in [0.717, 1.165) is 18.8 Å². The number of piperazine rings is 1. The summed E-state index contributed by atoms with van der Waals surface area (Å²) in [7, 11) is 2.26. The molecule has 0 amide bonds. The van der Waals surface area contributed by atoms with Crippen LogP contribution in [-0.4, -0.2) is 74.7 Å². The molecule has 0 aromatic heterocycles. The number of nitrogens with zero attached hydrogens (tertiary/aromatic N) is 2. The van der Waals surface area contributed by atoms with Crippen LogP contribution >= 0.6 is 0 Å². The number of likely N-dealkylation sites (N-methyl/N-ethyl adjacent to an activating group) is 1. The number of unbranched alkanes of at least 4 members (excludes halogenated alkanes) is 20. The quantitative estimate of drug-likeness (QED) is 0.0451. The van der Waals surface area contributed by atoms with Gasteiger partial charge < -0.3 is 19.3 Å². The van der Waals surface area contributed by atoms with Crippen molar-refractivity contribution in [2.24, 2.45) is 17.8 Å². The maximum atomic E-state index is 12.5. The first kappa shape index (κ1) is 54.9. The van der Waals surface area contributed by atoms with Crippen molar-refractivity contribution >= 4 is 11.9 Å². The minimum Gasteiger partial charge on any atom is -0.466 e. The summed E-state index contributed by atoms with van der Waals surface area (Å²) in [4.78, 5) is 30.3. The highest BCUT2D eigenvalue weighted by Crippen LogP contribution is 2.25. The second-order valence-electron chi connectivity index (χ2n) is 18.9. The van der Waals surface area contributed by atoms with Crippen LogP contribution in [0.4, 0.5) is 0 Å². The third-order valence-electron chi connectivity index (χ3n) is 13.3. The standard InChI is InChI=1S/C52H102N2O4/c1-6-10-24-34-49(35-25-11-7-2)46-51(55)57-44-30-22-18-14-16-20-28-32-48(38-39-54-42-40-53(5)41-43-54)33-29-21-17-15-19-23-31-45-58-52(56)47-50(36-26-12-8-3)37-27-13-9-4/h48-50H,6-47H2,1-5H3. The molecule has 6 nitrogen and oxygen atoms in total. The van der Waals surface area contributed by atoms with Crippen LogP contribution in [0.3, 0.4) is 0 Å². The van der Waals surface area contributed by atoms with Gasteiger partial charge in [-0.1, -0.05) is 195 Å². The van der Waals surface area contributed by atoms with Gasteiger partial charge in [0.25, 0.3) is 0 Å². The number of hydrogen-bond acceptors (Lipinski definition) is 6. The van der Waals surface area contributed by atoms with E-state index in [2.05, 4.69) is 44.5 Å². The van der Waals surface area contributed by atoms with E-state index >= 15 is 0 Å². The summed E-state index contributed by atoms with van der Waals surface area (Å²) >= 11 is 0. The fourth-order valence-electron chi connectivity index (χ4n) is 9.10. The van der Waals surface area contributed by atoms with Crippen LogP contribution in [0, 0.1) is 17.8 Å². The lowest BCUT2D eigenvalue weighted by Gasteiger charge is -2.33. The molecule has 1 saturated heterocycles. The van der Waals surface area contributed by atoms with Gasteiger partial charge in [-0.15, -0.1) is 0 Å². The number of esters is 2. The highest BCUT2D eigenvalue weighted by atomic mass is 16.5. The second kappa shape index (κ2) is 41.2. The Morgan fingerprint density at radius 1 is 0.397 bits per heavy atom. The van der Waals surface area contributed by atoms with Crippen LogP contribution in [-0.2, 0) is 19.1 Å². The molecule has 1 fully saturated rings. The van der Waals surface area contributed by atoms with Crippen molar-refractivity contribution < 1.29 is 19.1 Å². The van der Waals surface area contributed by atoms with E-state index in [0.29, 0.717) is 37.9 Å². The van der Waals surface area contributed by atoms with Crippen LogP contribution < -0.4 is 0 Å². The Bertz CT molecular complexity index is 813. The predicted molar refractivity (Wildman–Crippen MR) is 251 cm³/mol. The lowest BCUT2D eigenvalue weighted by Crippen LogP contribution is -2.44. The summed E-state index contributed by atoms with van der Waals surface area (Å²) < 4.78 is 11.4. The molecule has 0 aromatic carbocycles. The fourth-order valence-corrected chi connectivity index (χ4v) is 9.10. The molecule has 0 saturated carbocycles. The van der Waals surface area contributed by atoms with Gasteiger partial charge in [0.1, 0.15) is 0 Å². The minimum atomic E-state index is 0.0424. The zero-order chi connectivity index (χ0) is 42.2. The normalized spacial score (nSPS) is 14.0. The molecule has 58 heavy (non-hydrogen) atoms. The van der Waals surface area contributed by atoms with Crippen molar-refractivity contribution in [1.82, 2.24) is 9.80 Å². The van der Waals surface area contributed by atoms with Gasteiger partial charge in [-0.2, -0.15) is 0 Å². The third-order valence-corrected chi connectivity index (χ3v) is 13.3. The minimum absolute atomic E-state index is 0.0424. The number of rotatable bonds is 43. The molecule has 1 rings (SSSR count). The highest BCUT2D eigenvalue weighted by molar-refractivity contribution is 5.70. The summed E-state index contributed by atoms with van der Waals surface area (Å²) in [6.07, 6.45) is 43.0. The Morgan fingerprint density at radius 2 is 0.707 bits per heavy atom. The Labute approximate surface area is 362 Å². The first-order valence-electron chi connectivity index (χ1n) is 26.1. The molecule has 1 heterocycles. The van der Waals surface area contributed by atoms with E-state index in [-0.39, 0.29) is 11.9 Å². The lowest BCUT2D eigenvalue weighted by atomic mass is 9.91. The van der Waals surface area contributed by atoms with Gasteiger partial charge in [0.15, 0.2) is 0 Å². The lowest BCUT2D eigenvalue weighted by molar-refractivity contribution is -0.146. The maximum Gasteiger partial charge on any atom is 0.306 e. The van der Waals surface area contributed by atoms with E-state index in [4.69, 9.17) is 9.47 Å². The maximum absolute atomic E-state index is 12.5. The molecule has 6 heteroatoms. The van der Waals surface area contributed by atoms with Crippen molar-refractivity contribution in [3.63, 3.8) is 0 Å². The number of carbonyl (C=O) groups is 2. The molecule has 0 aliphatic carbocycles. The van der Waals surface area contributed by atoms with Crippen LogP contribution in [0.25, 0.3) is 0 Å². The highest BCUT2D eigenvalue weighted by Gasteiger charge is 2.18. The fraction of sp³-hybridized carbons (Fsp3) is 0.962. The Hall–Kier alpha value is -1.14. The Morgan fingerprint density at radius 3 is 1.07 bits per heavy atom. The zero-order valence-corrected chi connectivity index (χ0v) is 40.0. The number of hydrogen-bond donors (Lipinski definition) is 0. The van der Waals surface area contributed by atoms with Gasteiger partial charge in [-0.05, 0) is 76.3 Å². The third kappa shape index (κ3) is 34.6. The van der Waals surface area contributed by atoms with E-state index in [1.165, 1.54) is 232 Å². The molecule has 1 aliphatic heterocycles. The van der Waals surface area contributed by atoms with Gasteiger partial charge in [-0.3, -0.25) is 9.59 Å². The average Bonchev–Trinajstić information content (AvgIpc) is 3.21. The molecule has 0 radical (unpaired) electrons. The smallest absolute Gasteiger partial charge is 0.306 e. The average molecular weight is 819 g/mol.